The Morgan fingerprint density at radius 2 is 1.50 bits per heavy atom. The molecular formula is C7H6O7. The Hall–Kier alpha value is -2.18. The second-order valence-corrected chi connectivity index (χ2v) is 2.21. The van der Waals surface area contributed by atoms with Crippen LogP contribution in [0.2, 0.25) is 0 Å². The monoisotopic (exact) mass is 202 g/mol. The van der Waals surface area contributed by atoms with Crippen molar-refractivity contribution in [3.05, 3.63) is 11.6 Å². The van der Waals surface area contributed by atoms with Gasteiger partial charge in [0.05, 0.1) is 6.42 Å². The molecule has 0 saturated heterocycles. The lowest BCUT2D eigenvalue weighted by Crippen LogP contribution is -2.18. The first-order chi connectivity index (χ1) is 6.34. The highest BCUT2D eigenvalue weighted by Crippen LogP contribution is 2.03. The van der Waals surface area contributed by atoms with Gasteiger partial charge in [0.1, 0.15) is 0 Å². The topological polar surface area (TPSA) is 129 Å². The summed E-state index contributed by atoms with van der Waals surface area (Å²) < 4.78 is 0. The van der Waals surface area contributed by atoms with Crippen LogP contribution in [0.4, 0.5) is 0 Å². The van der Waals surface area contributed by atoms with Crippen LogP contribution in [-0.2, 0) is 19.2 Å². The second kappa shape index (κ2) is 4.75. The highest BCUT2D eigenvalue weighted by atomic mass is 16.4. The zero-order valence-electron chi connectivity index (χ0n) is 6.76. The number of Topliss-reactive ketones (excluding diaryl/α,β-unsaturated/α-hetero) is 1. The molecule has 14 heavy (non-hydrogen) atoms. The van der Waals surface area contributed by atoms with Crippen LogP contribution in [0, 0.1) is 0 Å². The van der Waals surface area contributed by atoms with E-state index in [1.807, 2.05) is 0 Å². The molecule has 0 bridgehead atoms. The third-order valence-corrected chi connectivity index (χ3v) is 1.13. The van der Waals surface area contributed by atoms with E-state index in [0.717, 1.165) is 0 Å². The van der Waals surface area contributed by atoms with E-state index in [1.54, 1.807) is 0 Å². The van der Waals surface area contributed by atoms with Gasteiger partial charge >= 0.3 is 17.9 Å². The molecule has 0 radical (unpaired) electrons. The lowest BCUT2D eigenvalue weighted by molar-refractivity contribution is -0.147. The van der Waals surface area contributed by atoms with Crippen molar-refractivity contribution < 1.29 is 34.5 Å². The standard InChI is InChI=1S/C7H6O7/c8-4(9)1-3(2-5(10)11)6(12)7(13)14/h1H,2H2,(H,8,9)(H,10,11)(H,13,14)/b3-1-. The summed E-state index contributed by atoms with van der Waals surface area (Å²) in [5.74, 6) is -6.48. The van der Waals surface area contributed by atoms with Gasteiger partial charge in [-0.3, -0.25) is 9.59 Å². The third kappa shape index (κ3) is 4.00. The summed E-state index contributed by atoms with van der Waals surface area (Å²) in [5.41, 5.74) is -0.780. The fraction of sp³-hybridized carbons (Fsp3) is 0.143. The molecule has 7 heteroatoms. The van der Waals surface area contributed by atoms with Crippen LogP contribution in [0.5, 0.6) is 0 Å². The average molecular weight is 202 g/mol. The fourth-order valence-corrected chi connectivity index (χ4v) is 0.646. The van der Waals surface area contributed by atoms with Gasteiger partial charge < -0.3 is 15.3 Å². The van der Waals surface area contributed by atoms with Crippen LogP contribution in [0.3, 0.4) is 0 Å². The third-order valence-electron chi connectivity index (χ3n) is 1.13. The Kier molecular flexibility index (Phi) is 4.01. The summed E-state index contributed by atoms with van der Waals surface area (Å²) in [5, 5.41) is 24.7. The summed E-state index contributed by atoms with van der Waals surface area (Å²) in [4.78, 5) is 41.1. The molecule has 0 atom stereocenters. The Morgan fingerprint density at radius 1 is 1.00 bits per heavy atom. The first-order valence-corrected chi connectivity index (χ1v) is 3.27. The first-order valence-electron chi connectivity index (χ1n) is 3.27. The molecular weight excluding hydrogens is 196 g/mol. The molecule has 0 heterocycles. The molecule has 0 amide bonds. The maximum atomic E-state index is 10.7. The average Bonchev–Trinajstić information content (AvgIpc) is 1.99. The van der Waals surface area contributed by atoms with Crippen molar-refractivity contribution in [2.24, 2.45) is 0 Å². The maximum Gasteiger partial charge on any atom is 0.376 e. The van der Waals surface area contributed by atoms with Gasteiger partial charge in [0.15, 0.2) is 0 Å². The van der Waals surface area contributed by atoms with Crippen molar-refractivity contribution in [1.29, 1.82) is 0 Å². The van der Waals surface area contributed by atoms with Crippen molar-refractivity contribution >= 4 is 23.7 Å². The largest absolute Gasteiger partial charge is 0.481 e. The van der Waals surface area contributed by atoms with Crippen LogP contribution in [0.15, 0.2) is 11.6 Å². The van der Waals surface area contributed by atoms with Crippen LogP contribution < -0.4 is 0 Å². The SMILES string of the molecule is O=C(O)/C=C(/CC(=O)O)C(=O)C(=O)O. The second-order valence-electron chi connectivity index (χ2n) is 2.21. The summed E-state index contributed by atoms with van der Waals surface area (Å²) in [6, 6.07) is 0. The van der Waals surface area contributed by atoms with Crippen LogP contribution in [-0.4, -0.2) is 39.0 Å². The summed E-state index contributed by atoms with van der Waals surface area (Å²) in [6.45, 7) is 0. The van der Waals surface area contributed by atoms with E-state index in [1.165, 1.54) is 0 Å². The number of aliphatic carboxylic acids is 3. The van der Waals surface area contributed by atoms with Gasteiger partial charge in [0.2, 0.25) is 0 Å². The highest BCUT2D eigenvalue weighted by molar-refractivity contribution is 6.40. The van der Waals surface area contributed by atoms with Gasteiger partial charge in [-0.25, -0.2) is 9.59 Å². The molecule has 0 aliphatic carbocycles. The minimum absolute atomic E-state index is 0.268. The van der Waals surface area contributed by atoms with Gasteiger partial charge in [-0.2, -0.15) is 0 Å². The van der Waals surface area contributed by atoms with Crippen LogP contribution >= 0.6 is 0 Å². The van der Waals surface area contributed by atoms with Crippen molar-refractivity contribution in [2.75, 3.05) is 0 Å². The van der Waals surface area contributed by atoms with Crippen LogP contribution in [0.1, 0.15) is 6.42 Å². The van der Waals surface area contributed by atoms with E-state index in [9.17, 15) is 19.2 Å². The normalized spacial score (nSPS) is 10.7. The lowest BCUT2D eigenvalue weighted by atomic mass is 10.1. The number of carboxylic acids is 3. The summed E-state index contributed by atoms with van der Waals surface area (Å²) in [7, 11) is 0. The lowest BCUT2D eigenvalue weighted by Gasteiger charge is -1.97. The predicted molar refractivity (Wildman–Crippen MR) is 40.6 cm³/mol. The van der Waals surface area contributed by atoms with Crippen molar-refractivity contribution in [3.63, 3.8) is 0 Å². The van der Waals surface area contributed by atoms with E-state index in [4.69, 9.17) is 15.3 Å². The smallest absolute Gasteiger partial charge is 0.376 e. The molecule has 76 valence electrons. The molecule has 7 nitrogen and oxygen atoms in total. The first kappa shape index (κ1) is 11.8. The molecule has 0 spiro atoms. The number of hydrogen-bond acceptors (Lipinski definition) is 4. The van der Waals surface area contributed by atoms with E-state index in [-0.39, 0.29) is 6.08 Å². The number of carbonyl (C=O) groups is 4. The van der Waals surface area contributed by atoms with E-state index in [2.05, 4.69) is 0 Å². The zero-order valence-corrected chi connectivity index (χ0v) is 6.76. The minimum atomic E-state index is -1.89. The fourth-order valence-electron chi connectivity index (χ4n) is 0.646. The molecule has 0 aliphatic heterocycles. The summed E-state index contributed by atoms with van der Waals surface area (Å²) >= 11 is 0. The molecule has 0 aliphatic rings. The van der Waals surface area contributed by atoms with Gasteiger partial charge in [-0.1, -0.05) is 0 Å². The number of carboxylic acid groups (broad SMARTS) is 3. The Morgan fingerprint density at radius 3 is 1.79 bits per heavy atom. The number of ketones is 1. The molecule has 0 unspecified atom stereocenters. The minimum Gasteiger partial charge on any atom is -0.481 e. The van der Waals surface area contributed by atoms with E-state index < -0.39 is 35.7 Å². The molecule has 0 aromatic carbocycles. The molecule has 0 aromatic heterocycles. The Balaban J connectivity index is 4.91. The van der Waals surface area contributed by atoms with Gasteiger partial charge in [-0.15, -0.1) is 0 Å². The molecule has 0 saturated carbocycles. The molecule has 0 aromatic rings. The summed E-state index contributed by atoms with van der Waals surface area (Å²) in [6.07, 6.45) is -0.665. The highest BCUT2D eigenvalue weighted by Gasteiger charge is 2.20. The van der Waals surface area contributed by atoms with Gasteiger partial charge in [0, 0.05) is 11.6 Å². The van der Waals surface area contributed by atoms with Crippen molar-refractivity contribution in [1.82, 2.24) is 0 Å². The van der Waals surface area contributed by atoms with Crippen molar-refractivity contribution in [3.8, 4) is 0 Å². The van der Waals surface area contributed by atoms with Gasteiger partial charge in [0.25, 0.3) is 5.78 Å². The number of carbonyl (C=O) groups excluding carboxylic acids is 1. The molecule has 3 N–H and O–H groups in total. The van der Waals surface area contributed by atoms with E-state index >= 15 is 0 Å². The zero-order chi connectivity index (χ0) is 11.3. The predicted octanol–water partition coefficient (Wildman–Crippen LogP) is -0.874. The number of hydrogen-bond donors (Lipinski definition) is 3. The van der Waals surface area contributed by atoms with Crippen molar-refractivity contribution in [2.45, 2.75) is 6.42 Å². The maximum absolute atomic E-state index is 10.7. The Bertz CT molecular complexity index is 325. The van der Waals surface area contributed by atoms with Gasteiger partial charge in [-0.05, 0) is 0 Å². The quantitative estimate of drug-likeness (QED) is 0.390. The Labute approximate surface area is 77.3 Å². The number of rotatable bonds is 5. The molecule has 0 fully saturated rings. The van der Waals surface area contributed by atoms with Crippen LogP contribution in [0.25, 0.3) is 0 Å². The van der Waals surface area contributed by atoms with E-state index in [0.29, 0.717) is 0 Å². The molecule has 0 rings (SSSR count).